The molecule has 0 aliphatic heterocycles. The molecule has 0 saturated heterocycles. The van der Waals surface area contributed by atoms with Gasteiger partial charge in [0.2, 0.25) is 5.91 Å². The standard InChI is InChI=1S/C17H15Cl2NO2/c1-11-5-3-4-6-15(11)20-16(21)8-7-12-9-13(18)10-14(19)17(12)22-2/h3-10H,1-2H3,(H,20,21)/b8-7+. The molecule has 0 spiro atoms. The molecule has 2 aromatic rings. The highest BCUT2D eigenvalue weighted by Gasteiger charge is 2.08. The summed E-state index contributed by atoms with van der Waals surface area (Å²) in [4.78, 5) is 12.0. The minimum Gasteiger partial charge on any atom is -0.495 e. The molecule has 0 heterocycles. The molecule has 0 radical (unpaired) electrons. The average molecular weight is 336 g/mol. The molecular formula is C17H15Cl2NO2. The van der Waals surface area contributed by atoms with Gasteiger partial charge in [-0.3, -0.25) is 4.79 Å². The SMILES string of the molecule is COc1c(Cl)cc(Cl)cc1/C=C/C(=O)Nc1ccccc1C. The Kier molecular flexibility index (Phi) is 5.47. The molecule has 2 aromatic carbocycles. The summed E-state index contributed by atoms with van der Waals surface area (Å²) in [6, 6.07) is 10.8. The first kappa shape index (κ1) is 16.4. The first-order valence-electron chi connectivity index (χ1n) is 6.59. The summed E-state index contributed by atoms with van der Waals surface area (Å²) in [6.45, 7) is 1.93. The lowest BCUT2D eigenvalue weighted by Gasteiger charge is -2.08. The zero-order valence-electron chi connectivity index (χ0n) is 12.2. The summed E-state index contributed by atoms with van der Waals surface area (Å²) < 4.78 is 5.23. The van der Waals surface area contributed by atoms with Crippen LogP contribution in [-0.2, 0) is 4.79 Å². The van der Waals surface area contributed by atoms with Crippen LogP contribution in [0.5, 0.6) is 5.75 Å². The molecule has 0 saturated carbocycles. The fraction of sp³-hybridized carbons (Fsp3) is 0.118. The summed E-state index contributed by atoms with van der Waals surface area (Å²) in [6.07, 6.45) is 3.03. The van der Waals surface area contributed by atoms with Crippen LogP contribution >= 0.6 is 23.2 Å². The number of ether oxygens (including phenoxy) is 1. The van der Waals surface area contributed by atoms with Crippen LogP contribution in [0.2, 0.25) is 10.0 Å². The molecule has 0 aliphatic rings. The molecule has 5 heteroatoms. The van der Waals surface area contributed by atoms with Crippen LogP contribution in [0.4, 0.5) is 5.69 Å². The van der Waals surface area contributed by atoms with Crippen LogP contribution in [0.15, 0.2) is 42.5 Å². The highest BCUT2D eigenvalue weighted by atomic mass is 35.5. The summed E-state index contributed by atoms with van der Waals surface area (Å²) in [5.74, 6) is 0.235. The van der Waals surface area contributed by atoms with Gasteiger partial charge in [0.05, 0.1) is 12.1 Å². The highest BCUT2D eigenvalue weighted by molar-refractivity contribution is 6.36. The third kappa shape index (κ3) is 4.03. The van der Waals surface area contributed by atoms with E-state index in [1.165, 1.54) is 13.2 Å². The molecule has 0 aliphatic carbocycles. The molecule has 0 unspecified atom stereocenters. The number of para-hydroxylation sites is 1. The number of amides is 1. The summed E-state index contributed by atoms with van der Waals surface area (Å²) in [5, 5.41) is 3.69. The minimum absolute atomic E-state index is 0.243. The van der Waals surface area contributed by atoms with E-state index in [-0.39, 0.29) is 5.91 Å². The molecule has 0 aromatic heterocycles. The van der Waals surface area contributed by atoms with E-state index in [4.69, 9.17) is 27.9 Å². The Labute approximate surface area is 139 Å². The van der Waals surface area contributed by atoms with Crippen molar-refractivity contribution in [3.05, 3.63) is 63.6 Å². The van der Waals surface area contributed by atoms with Gasteiger partial charge >= 0.3 is 0 Å². The van der Waals surface area contributed by atoms with E-state index < -0.39 is 0 Å². The van der Waals surface area contributed by atoms with Gasteiger partial charge in [0.15, 0.2) is 0 Å². The molecular weight excluding hydrogens is 321 g/mol. The van der Waals surface area contributed by atoms with Crippen molar-refractivity contribution in [3.63, 3.8) is 0 Å². The molecule has 0 bridgehead atoms. The van der Waals surface area contributed by atoms with Crippen LogP contribution < -0.4 is 10.1 Å². The summed E-state index contributed by atoms with van der Waals surface area (Å²) in [5.41, 5.74) is 2.40. The Bertz CT molecular complexity index is 727. The topological polar surface area (TPSA) is 38.3 Å². The number of aryl methyl sites for hydroxylation is 1. The lowest BCUT2D eigenvalue weighted by molar-refractivity contribution is -0.111. The first-order chi connectivity index (χ1) is 10.5. The van der Waals surface area contributed by atoms with E-state index in [9.17, 15) is 4.79 Å². The Morgan fingerprint density at radius 2 is 1.95 bits per heavy atom. The fourth-order valence-electron chi connectivity index (χ4n) is 1.97. The van der Waals surface area contributed by atoms with E-state index in [2.05, 4.69) is 5.32 Å². The van der Waals surface area contributed by atoms with Crippen molar-refractivity contribution < 1.29 is 9.53 Å². The number of anilines is 1. The summed E-state index contributed by atoms with van der Waals surface area (Å²) >= 11 is 12.0. The number of carbonyl (C=O) groups excluding carboxylic acids is 1. The van der Waals surface area contributed by atoms with Crippen molar-refractivity contribution in [2.45, 2.75) is 6.92 Å². The molecule has 22 heavy (non-hydrogen) atoms. The lowest BCUT2D eigenvalue weighted by Crippen LogP contribution is -2.08. The van der Waals surface area contributed by atoms with Gasteiger partial charge in [-0.05, 0) is 36.8 Å². The van der Waals surface area contributed by atoms with Crippen molar-refractivity contribution in [2.24, 2.45) is 0 Å². The van der Waals surface area contributed by atoms with Gasteiger partial charge in [-0.1, -0.05) is 41.4 Å². The van der Waals surface area contributed by atoms with E-state index in [1.54, 1.807) is 18.2 Å². The van der Waals surface area contributed by atoms with Gasteiger partial charge in [0, 0.05) is 22.3 Å². The number of methoxy groups -OCH3 is 1. The maximum absolute atomic E-state index is 12.0. The number of benzene rings is 2. The maximum atomic E-state index is 12.0. The normalized spacial score (nSPS) is 10.7. The van der Waals surface area contributed by atoms with Crippen LogP contribution in [0.3, 0.4) is 0 Å². The Morgan fingerprint density at radius 1 is 1.23 bits per heavy atom. The fourth-order valence-corrected chi connectivity index (χ4v) is 2.56. The molecule has 2 rings (SSSR count). The number of rotatable bonds is 4. The molecule has 1 N–H and O–H groups in total. The second-order valence-corrected chi connectivity index (χ2v) is 5.49. The molecule has 0 fully saturated rings. The summed E-state index contributed by atoms with van der Waals surface area (Å²) in [7, 11) is 1.51. The first-order valence-corrected chi connectivity index (χ1v) is 7.34. The number of hydrogen-bond acceptors (Lipinski definition) is 2. The van der Waals surface area contributed by atoms with Crippen molar-refractivity contribution in [2.75, 3.05) is 12.4 Å². The zero-order chi connectivity index (χ0) is 16.1. The Balaban J connectivity index is 2.18. The second-order valence-electron chi connectivity index (χ2n) is 4.65. The van der Waals surface area contributed by atoms with Crippen molar-refractivity contribution >= 4 is 40.9 Å². The number of hydrogen-bond donors (Lipinski definition) is 1. The predicted octanol–water partition coefficient (Wildman–Crippen LogP) is 4.96. The van der Waals surface area contributed by atoms with E-state index in [1.807, 2.05) is 31.2 Å². The molecule has 1 amide bonds. The maximum Gasteiger partial charge on any atom is 0.248 e. The van der Waals surface area contributed by atoms with Crippen molar-refractivity contribution in [1.29, 1.82) is 0 Å². The van der Waals surface area contributed by atoms with Gasteiger partial charge < -0.3 is 10.1 Å². The minimum atomic E-state index is -0.243. The Morgan fingerprint density at radius 3 is 2.64 bits per heavy atom. The van der Waals surface area contributed by atoms with Crippen molar-refractivity contribution in [1.82, 2.24) is 0 Å². The van der Waals surface area contributed by atoms with Gasteiger partial charge in [-0.2, -0.15) is 0 Å². The van der Waals surface area contributed by atoms with Crippen LogP contribution in [0.25, 0.3) is 6.08 Å². The predicted molar refractivity (Wildman–Crippen MR) is 91.9 cm³/mol. The molecule has 114 valence electrons. The third-order valence-corrected chi connectivity index (χ3v) is 3.56. The van der Waals surface area contributed by atoms with Gasteiger partial charge in [0.1, 0.15) is 5.75 Å². The van der Waals surface area contributed by atoms with Crippen LogP contribution in [-0.4, -0.2) is 13.0 Å². The van der Waals surface area contributed by atoms with Gasteiger partial charge in [-0.15, -0.1) is 0 Å². The van der Waals surface area contributed by atoms with E-state index >= 15 is 0 Å². The third-order valence-electron chi connectivity index (χ3n) is 3.06. The second kappa shape index (κ2) is 7.34. The highest BCUT2D eigenvalue weighted by Crippen LogP contribution is 2.32. The Hall–Kier alpha value is -1.97. The average Bonchev–Trinajstić information content (AvgIpc) is 2.47. The van der Waals surface area contributed by atoms with Gasteiger partial charge in [-0.25, -0.2) is 0 Å². The van der Waals surface area contributed by atoms with Crippen LogP contribution in [0, 0.1) is 6.92 Å². The van der Waals surface area contributed by atoms with Crippen molar-refractivity contribution in [3.8, 4) is 5.75 Å². The van der Waals surface area contributed by atoms with E-state index in [0.717, 1.165) is 11.3 Å². The number of halogens is 2. The lowest BCUT2D eigenvalue weighted by atomic mass is 10.1. The molecule has 3 nitrogen and oxygen atoms in total. The monoisotopic (exact) mass is 335 g/mol. The molecule has 0 atom stereocenters. The zero-order valence-corrected chi connectivity index (χ0v) is 13.7. The van der Waals surface area contributed by atoms with E-state index in [0.29, 0.717) is 21.4 Å². The largest absolute Gasteiger partial charge is 0.495 e. The van der Waals surface area contributed by atoms with Gasteiger partial charge in [0.25, 0.3) is 0 Å². The quantitative estimate of drug-likeness (QED) is 0.801. The number of nitrogens with one attached hydrogen (secondary N) is 1. The smallest absolute Gasteiger partial charge is 0.248 e. The van der Waals surface area contributed by atoms with Crippen LogP contribution in [0.1, 0.15) is 11.1 Å². The number of carbonyl (C=O) groups is 1.